The Kier molecular flexibility index (Phi) is 4.55. The SMILES string of the molecule is CCN(Cc1ccncc1)c1ncc(Br)cc1Cl. The van der Waals surface area contributed by atoms with E-state index in [0.29, 0.717) is 5.02 Å². The van der Waals surface area contributed by atoms with Crippen molar-refractivity contribution in [1.82, 2.24) is 9.97 Å². The number of anilines is 1. The molecule has 94 valence electrons. The van der Waals surface area contributed by atoms with E-state index in [1.165, 1.54) is 5.56 Å². The molecule has 0 aliphatic rings. The minimum absolute atomic E-state index is 0.653. The van der Waals surface area contributed by atoms with E-state index < -0.39 is 0 Å². The molecule has 2 aromatic rings. The molecule has 2 heterocycles. The van der Waals surface area contributed by atoms with Gasteiger partial charge in [0.15, 0.2) is 0 Å². The van der Waals surface area contributed by atoms with Crippen LogP contribution in [0.5, 0.6) is 0 Å². The van der Waals surface area contributed by atoms with E-state index in [1.807, 2.05) is 18.2 Å². The van der Waals surface area contributed by atoms with Crippen LogP contribution in [0.1, 0.15) is 12.5 Å². The zero-order valence-corrected chi connectivity index (χ0v) is 12.3. The molecule has 0 aliphatic heterocycles. The van der Waals surface area contributed by atoms with Crippen LogP contribution >= 0.6 is 27.5 Å². The first-order valence-electron chi connectivity index (χ1n) is 5.65. The molecule has 0 aromatic carbocycles. The van der Waals surface area contributed by atoms with Crippen LogP contribution in [0.15, 0.2) is 41.3 Å². The Morgan fingerprint density at radius 1 is 1.33 bits per heavy atom. The predicted molar refractivity (Wildman–Crippen MR) is 77.9 cm³/mol. The average Bonchev–Trinajstić information content (AvgIpc) is 2.38. The topological polar surface area (TPSA) is 29.0 Å². The van der Waals surface area contributed by atoms with E-state index >= 15 is 0 Å². The summed E-state index contributed by atoms with van der Waals surface area (Å²) < 4.78 is 0.885. The van der Waals surface area contributed by atoms with Crippen molar-refractivity contribution in [3.05, 3.63) is 51.8 Å². The van der Waals surface area contributed by atoms with Crippen LogP contribution in [0.25, 0.3) is 0 Å². The predicted octanol–water partition coefficient (Wildman–Crippen LogP) is 3.92. The van der Waals surface area contributed by atoms with Crippen molar-refractivity contribution in [3.8, 4) is 0 Å². The maximum absolute atomic E-state index is 6.22. The highest BCUT2D eigenvalue weighted by Gasteiger charge is 2.11. The quantitative estimate of drug-likeness (QED) is 0.853. The molecular weight excluding hydrogens is 314 g/mol. The highest BCUT2D eigenvalue weighted by atomic mass is 79.9. The van der Waals surface area contributed by atoms with Gasteiger partial charge in [0.2, 0.25) is 0 Å². The van der Waals surface area contributed by atoms with Crippen molar-refractivity contribution in [2.24, 2.45) is 0 Å². The smallest absolute Gasteiger partial charge is 0.147 e. The lowest BCUT2D eigenvalue weighted by Crippen LogP contribution is -2.23. The largest absolute Gasteiger partial charge is 0.351 e. The first kappa shape index (κ1) is 13.3. The van der Waals surface area contributed by atoms with E-state index in [9.17, 15) is 0 Å². The number of nitrogens with zero attached hydrogens (tertiary/aromatic N) is 3. The summed E-state index contributed by atoms with van der Waals surface area (Å²) in [5.41, 5.74) is 1.19. The van der Waals surface area contributed by atoms with Crippen molar-refractivity contribution in [1.29, 1.82) is 0 Å². The Bertz CT molecular complexity index is 519. The van der Waals surface area contributed by atoms with Crippen molar-refractivity contribution >= 4 is 33.3 Å². The molecule has 0 aliphatic carbocycles. The minimum Gasteiger partial charge on any atom is -0.351 e. The number of halogens is 2. The second-order valence-corrected chi connectivity index (χ2v) is 5.15. The molecule has 0 unspecified atom stereocenters. The summed E-state index contributed by atoms with van der Waals surface area (Å²) in [5, 5.41) is 0.653. The van der Waals surface area contributed by atoms with Gasteiger partial charge in [-0.15, -0.1) is 0 Å². The summed E-state index contributed by atoms with van der Waals surface area (Å²) in [4.78, 5) is 10.5. The molecule has 0 saturated carbocycles. The van der Waals surface area contributed by atoms with E-state index in [2.05, 4.69) is 37.7 Å². The molecule has 0 fully saturated rings. The Labute approximate surface area is 120 Å². The average molecular weight is 327 g/mol. The second kappa shape index (κ2) is 6.16. The van der Waals surface area contributed by atoms with Gasteiger partial charge in [-0.1, -0.05) is 11.6 Å². The number of aromatic nitrogens is 2. The third kappa shape index (κ3) is 3.21. The van der Waals surface area contributed by atoms with Gasteiger partial charge in [0.1, 0.15) is 5.82 Å². The fourth-order valence-corrected chi connectivity index (χ4v) is 2.43. The summed E-state index contributed by atoms with van der Waals surface area (Å²) in [6, 6.07) is 5.85. The Morgan fingerprint density at radius 2 is 2.06 bits per heavy atom. The van der Waals surface area contributed by atoms with E-state index in [1.54, 1.807) is 18.6 Å². The number of rotatable bonds is 4. The lowest BCUT2D eigenvalue weighted by atomic mass is 10.2. The maximum atomic E-state index is 6.22. The molecule has 2 aromatic heterocycles. The Morgan fingerprint density at radius 3 is 2.67 bits per heavy atom. The third-order valence-corrected chi connectivity index (χ3v) is 3.30. The van der Waals surface area contributed by atoms with Crippen LogP contribution in [0, 0.1) is 0 Å². The van der Waals surface area contributed by atoms with E-state index in [0.717, 1.165) is 23.4 Å². The molecule has 0 spiro atoms. The molecule has 3 nitrogen and oxygen atoms in total. The van der Waals surface area contributed by atoms with E-state index in [4.69, 9.17) is 11.6 Å². The van der Waals surface area contributed by atoms with Crippen molar-refractivity contribution in [3.63, 3.8) is 0 Å². The highest BCUT2D eigenvalue weighted by Crippen LogP contribution is 2.27. The molecule has 5 heteroatoms. The van der Waals surface area contributed by atoms with Gasteiger partial charge in [0.25, 0.3) is 0 Å². The Balaban J connectivity index is 2.23. The van der Waals surface area contributed by atoms with Gasteiger partial charge in [-0.05, 0) is 46.6 Å². The van der Waals surface area contributed by atoms with Gasteiger partial charge in [0.05, 0.1) is 5.02 Å². The van der Waals surface area contributed by atoms with Crippen LogP contribution in [0.4, 0.5) is 5.82 Å². The van der Waals surface area contributed by atoms with Crippen molar-refractivity contribution in [2.75, 3.05) is 11.4 Å². The van der Waals surface area contributed by atoms with Crippen LogP contribution in [-0.4, -0.2) is 16.5 Å². The Hall–Kier alpha value is -1.13. The molecule has 0 radical (unpaired) electrons. The van der Waals surface area contributed by atoms with Crippen LogP contribution in [0.2, 0.25) is 5.02 Å². The van der Waals surface area contributed by atoms with Crippen molar-refractivity contribution < 1.29 is 0 Å². The summed E-state index contributed by atoms with van der Waals surface area (Å²) >= 11 is 9.58. The highest BCUT2D eigenvalue weighted by molar-refractivity contribution is 9.10. The monoisotopic (exact) mass is 325 g/mol. The zero-order chi connectivity index (χ0) is 13.0. The molecule has 2 rings (SSSR count). The molecule has 0 bridgehead atoms. The van der Waals surface area contributed by atoms with Gasteiger partial charge in [-0.2, -0.15) is 0 Å². The molecular formula is C13H13BrClN3. The lowest BCUT2D eigenvalue weighted by Gasteiger charge is -2.23. The number of hydrogen-bond donors (Lipinski definition) is 0. The molecule has 0 amide bonds. The summed E-state index contributed by atoms with van der Waals surface area (Å²) in [7, 11) is 0. The minimum atomic E-state index is 0.653. The molecule has 0 atom stereocenters. The number of pyridine rings is 2. The normalized spacial score (nSPS) is 10.4. The summed E-state index contributed by atoms with van der Waals surface area (Å²) in [6.45, 7) is 3.70. The second-order valence-electron chi connectivity index (χ2n) is 3.83. The zero-order valence-electron chi connectivity index (χ0n) is 9.98. The first-order valence-corrected chi connectivity index (χ1v) is 6.82. The molecule has 0 saturated heterocycles. The molecule has 0 N–H and O–H groups in total. The maximum Gasteiger partial charge on any atom is 0.147 e. The van der Waals surface area contributed by atoms with Crippen LogP contribution < -0.4 is 4.90 Å². The lowest BCUT2D eigenvalue weighted by molar-refractivity contribution is 0.812. The summed E-state index contributed by atoms with van der Waals surface area (Å²) in [5.74, 6) is 0.805. The van der Waals surface area contributed by atoms with Crippen LogP contribution in [0.3, 0.4) is 0 Å². The summed E-state index contributed by atoms with van der Waals surface area (Å²) in [6.07, 6.45) is 5.34. The van der Waals surface area contributed by atoms with E-state index in [-0.39, 0.29) is 0 Å². The molecule has 18 heavy (non-hydrogen) atoms. The number of hydrogen-bond acceptors (Lipinski definition) is 3. The standard InChI is InChI=1S/C13H13BrClN3/c1-2-18(9-10-3-5-16-6-4-10)13-12(15)7-11(14)8-17-13/h3-8H,2,9H2,1H3. The fourth-order valence-electron chi connectivity index (χ4n) is 1.69. The van der Waals surface area contributed by atoms with Gasteiger partial charge >= 0.3 is 0 Å². The van der Waals surface area contributed by atoms with Gasteiger partial charge in [-0.3, -0.25) is 4.98 Å². The van der Waals surface area contributed by atoms with Crippen LogP contribution in [-0.2, 0) is 6.54 Å². The third-order valence-electron chi connectivity index (χ3n) is 2.59. The first-order chi connectivity index (χ1) is 8.70. The fraction of sp³-hybridized carbons (Fsp3) is 0.231. The van der Waals surface area contributed by atoms with Gasteiger partial charge < -0.3 is 4.90 Å². The van der Waals surface area contributed by atoms with Gasteiger partial charge in [0, 0.05) is 36.2 Å². The van der Waals surface area contributed by atoms with Crippen molar-refractivity contribution in [2.45, 2.75) is 13.5 Å². The van der Waals surface area contributed by atoms with Gasteiger partial charge in [-0.25, -0.2) is 4.98 Å².